The van der Waals surface area contributed by atoms with Crippen LogP contribution in [0.15, 0.2) is 23.8 Å². The van der Waals surface area contributed by atoms with Crippen LogP contribution in [0, 0.1) is 46.3 Å². The van der Waals surface area contributed by atoms with Gasteiger partial charge in [0.15, 0.2) is 0 Å². The summed E-state index contributed by atoms with van der Waals surface area (Å²) in [7, 11) is 0. The zero-order valence-corrected chi connectivity index (χ0v) is 19.1. The molecule has 0 unspecified atom stereocenters. The van der Waals surface area contributed by atoms with Gasteiger partial charge in [-0.15, -0.1) is 0 Å². The lowest BCUT2D eigenvalue weighted by Crippen LogP contribution is -3.00. The predicted octanol–water partition coefficient (Wildman–Crippen LogP) is 5.07. The Labute approximate surface area is 177 Å². The molecule has 0 aromatic rings. The fourth-order valence-corrected chi connectivity index (χ4v) is 9.65. The van der Waals surface area contributed by atoms with Gasteiger partial charge in [-0.25, -0.2) is 0 Å². The van der Waals surface area contributed by atoms with Crippen molar-refractivity contribution in [3.8, 4) is 0 Å². The molecule has 0 aromatic heterocycles. The molecule has 4 aliphatic carbocycles. The zero-order valence-electron chi connectivity index (χ0n) is 19.1. The largest absolute Gasteiger partial charge is 0.323 e. The molecule has 0 aromatic carbocycles. The van der Waals surface area contributed by atoms with Crippen molar-refractivity contribution >= 4 is 0 Å². The maximum absolute atomic E-state index is 7.06. The minimum atomic E-state index is 0.104. The molecule has 0 bridgehead atoms. The maximum atomic E-state index is 7.06. The number of hydrogen-bond acceptors (Lipinski definition) is 1. The lowest BCUT2D eigenvalue weighted by Gasteiger charge is -2.57. The lowest BCUT2D eigenvalue weighted by atomic mass is 9.47. The summed E-state index contributed by atoms with van der Waals surface area (Å²) in [6.45, 7) is 11.5. The molecule has 29 heavy (non-hydrogen) atoms. The Morgan fingerprint density at radius 1 is 1.07 bits per heavy atom. The summed E-state index contributed by atoms with van der Waals surface area (Å²) in [4.78, 5) is 0. The van der Waals surface area contributed by atoms with E-state index in [0.29, 0.717) is 22.9 Å². The van der Waals surface area contributed by atoms with Crippen molar-refractivity contribution in [1.82, 2.24) is 0 Å². The summed E-state index contributed by atoms with van der Waals surface area (Å²) in [5, 5.41) is 2.61. The van der Waals surface area contributed by atoms with Crippen molar-refractivity contribution in [2.45, 2.75) is 90.9 Å². The van der Waals surface area contributed by atoms with Crippen LogP contribution in [0.4, 0.5) is 0 Å². The van der Waals surface area contributed by atoms with E-state index in [2.05, 4.69) is 51.2 Å². The molecular weight excluding hydrogens is 354 g/mol. The maximum Gasteiger partial charge on any atom is 0.203 e. The number of allylic oxidation sites excluding steroid dienone is 4. The van der Waals surface area contributed by atoms with Crippen molar-refractivity contribution in [1.29, 1.82) is 0 Å². The van der Waals surface area contributed by atoms with E-state index in [1.807, 2.05) is 0 Å². The van der Waals surface area contributed by atoms with Gasteiger partial charge in [0.05, 0.1) is 12.6 Å². The fourth-order valence-electron chi connectivity index (χ4n) is 9.65. The van der Waals surface area contributed by atoms with Crippen LogP contribution in [0.5, 0.6) is 0 Å². The van der Waals surface area contributed by atoms with Gasteiger partial charge in [-0.1, -0.05) is 45.9 Å². The number of fused-ring (bicyclic) bond motifs is 7. The van der Waals surface area contributed by atoms with Crippen molar-refractivity contribution in [2.24, 2.45) is 46.3 Å². The van der Waals surface area contributed by atoms with Gasteiger partial charge in [-0.05, 0) is 79.1 Å². The van der Waals surface area contributed by atoms with Crippen molar-refractivity contribution in [3.05, 3.63) is 23.8 Å². The average Bonchev–Trinajstić information content (AvgIpc) is 3.15. The number of rotatable bonds is 0. The highest BCUT2D eigenvalue weighted by atomic mass is 16.5. The number of quaternary nitrogens is 1. The van der Waals surface area contributed by atoms with E-state index >= 15 is 0 Å². The average molecular weight is 397 g/mol. The highest BCUT2D eigenvalue weighted by molar-refractivity contribution is 5.34. The molecule has 2 saturated carbocycles. The molecule has 2 saturated heterocycles. The van der Waals surface area contributed by atoms with Crippen molar-refractivity contribution < 1.29 is 10.1 Å². The Hall–Kier alpha value is -0.600. The highest BCUT2D eigenvalue weighted by Gasteiger charge is 2.69. The third kappa shape index (κ3) is 2.42. The van der Waals surface area contributed by atoms with Gasteiger partial charge in [-0.2, -0.15) is 0 Å². The highest BCUT2D eigenvalue weighted by Crippen LogP contribution is 2.69. The fraction of sp³-hybridized carbons (Fsp3) is 0.852. The SMILES string of the molecule is C[C@@H]1CC[C@@]2([NH2+]C1)O[C@H]1C[C@H]3[C@@H]4CC=C5C=CCC[C@]5(C)[C@H]4CC[C@]3(C)[C@H]1[C@@H]2C. The van der Waals surface area contributed by atoms with Crippen LogP contribution < -0.4 is 5.32 Å². The van der Waals surface area contributed by atoms with Crippen LogP contribution in [0.1, 0.15) is 79.1 Å². The minimum absolute atomic E-state index is 0.104. The standard InChI is InChI=1S/C27H41NO/c1-17-10-14-27(28-16-17)18(2)24-23(29-27)15-22-20-9-8-19-7-5-6-12-25(19,3)21(20)11-13-26(22,24)4/h5,7-8,17-18,20-24,28H,6,9-16H2,1-4H3/p+1/t17-,18+,20-,21+,22+,23+,24+,25+,26+,27-/m1/s1. The molecular formula is C27H42NO+. The molecule has 2 N–H and O–H groups in total. The van der Waals surface area contributed by atoms with Gasteiger partial charge in [-0.3, -0.25) is 0 Å². The molecule has 0 amide bonds. The normalized spacial score (nSPS) is 58.3. The Morgan fingerprint density at radius 3 is 2.72 bits per heavy atom. The van der Waals surface area contributed by atoms with E-state index < -0.39 is 0 Å². The topological polar surface area (TPSA) is 25.8 Å². The van der Waals surface area contributed by atoms with Gasteiger partial charge in [0.1, 0.15) is 0 Å². The van der Waals surface area contributed by atoms with E-state index in [0.717, 1.165) is 29.6 Å². The van der Waals surface area contributed by atoms with Crippen LogP contribution >= 0.6 is 0 Å². The Morgan fingerprint density at radius 2 is 1.93 bits per heavy atom. The van der Waals surface area contributed by atoms with Crippen LogP contribution in [-0.2, 0) is 4.74 Å². The van der Waals surface area contributed by atoms with Gasteiger partial charge < -0.3 is 10.1 Å². The van der Waals surface area contributed by atoms with Crippen LogP contribution in [0.3, 0.4) is 0 Å². The zero-order chi connectivity index (χ0) is 20.0. The number of nitrogens with two attached hydrogens (primary N) is 1. The van der Waals surface area contributed by atoms with E-state index in [-0.39, 0.29) is 5.72 Å². The second-order valence-corrected chi connectivity index (χ2v) is 12.4. The Bertz CT molecular complexity index is 746. The summed E-state index contributed by atoms with van der Waals surface area (Å²) in [5.41, 5.74) is 2.71. The first-order valence-electron chi connectivity index (χ1n) is 12.8. The molecule has 2 heteroatoms. The Balaban J connectivity index is 1.30. The first-order valence-corrected chi connectivity index (χ1v) is 12.8. The van der Waals surface area contributed by atoms with Crippen LogP contribution in [0.25, 0.3) is 0 Å². The van der Waals surface area contributed by atoms with Gasteiger partial charge in [0.2, 0.25) is 5.72 Å². The molecule has 1 spiro atoms. The first kappa shape index (κ1) is 19.1. The molecule has 0 radical (unpaired) electrons. The molecule has 6 aliphatic rings. The van der Waals surface area contributed by atoms with E-state index in [1.165, 1.54) is 57.9 Å². The third-order valence-electron chi connectivity index (χ3n) is 11.3. The molecule has 10 atom stereocenters. The molecule has 2 aliphatic heterocycles. The van der Waals surface area contributed by atoms with E-state index in [1.54, 1.807) is 5.57 Å². The van der Waals surface area contributed by atoms with Gasteiger partial charge in [0.25, 0.3) is 0 Å². The van der Waals surface area contributed by atoms with E-state index in [4.69, 9.17) is 4.74 Å². The quantitative estimate of drug-likeness (QED) is 0.608. The lowest BCUT2D eigenvalue weighted by molar-refractivity contribution is -0.786. The number of hydrogen-bond donors (Lipinski definition) is 1. The minimum Gasteiger partial charge on any atom is -0.323 e. The predicted molar refractivity (Wildman–Crippen MR) is 117 cm³/mol. The summed E-state index contributed by atoms with van der Waals surface area (Å²) in [6, 6.07) is 0. The number of piperidine rings is 1. The first-order chi connectivity index (χ1) is 13.9. The second kappa shape index (κ2) is 6.22. The van der Waals surface area contributed by atoms with Crippen LogP contribution in [-0.4, -0.2) is 18.4 Å². The van der Waals surface area contributed by atoms with Crippen molar-refractivity contribution in [2.75, 3.05) is 6.54 Å². The van der Waals surface area contributed by atoms with Crippen LogP contribution in [0.2, 0.25) is 0 Å². The Kier molecular flexibility index (Phi) is 4.10. The monoisotopic (exact) mass is 396 g/mol. The molecule has 4 fully saturated rings. The number of ether oxygens (including phenoxy) is 1. The molecule has 2 heterocycles. The van der Waals surface area contributed by atoms with Gasteiger partial charge >= 0.3 is 0 Å². The summed E-state index contributed by atoms with van der Waals surface area (Å²) in [6.07, 6.45) is 18.9. The third-order valence-corrected chi connectivity index (χ3v) is 11.3. The van der Waals surface area contributed by atoms with Crippen molar-refractivity contribution in [3.63, 3.8) is 0 Å². The molecule has 160 valence electrons. The van der Waals surface area contributed by atoms with Gasteiger partial charge in [0, 0.05) is 24.2 Å². The summed E-state index contributed by atoms with van der Waals surface area (Å²) >= 11 is 0. The molecule has 2 nitrogen and oxygen atoms in total. The smallest absolute Gasteiger partial charge is 0.203 e. The molecule has 6 rings (SSSR count). The summed E-state index contributed by atoms with van der Waals surface area (Å²) in [5.74, 6) is 5.00. The van der Waals surface area contributed by atoms with E-state index in [9.17, 15) is 0 Å². The summed E-state index contributed by atoms with van der Waals surface area (Å²) < 4.78 is 7.06. The second-order valence-electron chi connectivity index (χ2n) is 12.4.